The fourth-order valence-corrected chi connectivity index (χ4v) is 3.55. The summed E-state index contributed by atoms with van der Waals surface area (Å²) >= 11 is 7.44. The number of esters is 1. The molecule has 6 nitrogen and oxygen atoms in total. The van der Waals surface area contributed by atoms with Gasteiger partial charge in [-0.1, -0.05) is 11.6 Å². The summed E-state index contributed by atoms with van der Waals surface area (Å²) in [6, 6.07) is 6.59. The van der Waals surface area contributed by atoms with Crippen LogP contribution in [0.1, 0.15) is 33.0 Å². The molecule has 1 heterocycles. The molecule has 0 saturated carbocycles. The van der Waals surface area contributed by atoms with Crippen LogP contribution in [0.3, 0.4) is 0 Å². The number of aryl methyl sites for hydroxylation is 2. The predicted molar refractivity (Wildman–Crippen MR) is 105 cm³/mol. The molecule has 0 aliphatic heterocycles. The second-order valence-electron chi connectivity index (χ2n) is 5.80. The highest BCUT2D eigenvalue weighted by Gasteiger charge is 2.15. The molecule has 0 spiro atoms. The van der Waals surface area contributed by atoms with Crippen molar-refractivity contribution in [2.45, 2.75) is 26.7 Å². The number of benzene rings is 1. The van der Waals surface area contributed by atoms with Crippen LogP contribution in [0, 0.1) is 13.8 Å². The summed E-state index contributed by atoms with van der Waals surface area (Å²) in [7, 11) is 1.46. The number of carbonyl (C=O) groups is 3. The monoisotopic (exact) mass is 409 g/mol. The topological polar surface area (TPSA) is 81.7 Å². The molecule has 0 bridgehead atoms. The van der Waals surface area contributed by atoms with Gasteiger partial charge in [-0.2, -0.15) is 0 Å². The third-order valence-electron chi connectivity index (χ3n) is 3.70. The zero-order valence-corrected chi connectivity index (χ0v) is 16.8. The van der Waals surface area contributed by atoms with E-state index in [4.69, 9.17) is 21.1 Å². The minimum Gasteiger partial charge on any atom is -0.495 e. The Morgan fingerprint density at radius 1 is 1.15 bits per heavy atom. The molecule has 1 aromatic carbocycles. The Morgan fingerprint density at radius 3 is 2.52 bits per heavy atom. The maximum atomic E-state index is 12.2. The van der Waals surface area contributed by atoms with Crippen molar-refractivity contribution >= 4 is 46.3 Å². The van der Waals surface area contributed by atoms with Crippen molar-refractivity contribution in [2.24, 2.45) is 0 Å². The van der Waals surface area contributed by atoms with E-state index in [-0.39, 0.29) is 18.6 Å². The third kappa shape index (κ3) is 6.08. The smallest absolute Gasteiger partial charge is 0.306 e. The van der Waals surface area contributed by atoms with E-state index >= 15 is 0 Å². The second kappa shape index (κ2) is 9.53. The molecule has 8 heteroatoms. The van der Waals surface area contributed by atoms with Gasteiger partial charge >= 0.3 is 5.97 Å². The molecule has 1 aromatic heterocycles. The highest BCUT2D eigenvalue weighted by Crippen LogP contribution is 2.27. The quantitative estimate of drug-likeness (QED) is 0.522. The molecular weight excluding hydrogens is 390 g/mol. The van der Waals surface area contributed by atoms with Gasteiger partial charge < -0.3 is 14.8 Å². The summed E-state index contributed by atoms with van der Waals surface area (Å²) in [6.45, 7) is 3.34. The van der Waals surface area contributed by atoms with Crippen LogP contribution in [0.2, 0.25) is 5.02 Å². The van der Waals surface area contributed by atoms with Crippen molar-refractivity contribution < 1.29 is 23.9 Å². The molecule has 2 rings (SSSR count). The molecule has 0 aliphatic rings. The number of hydrogen-bond donors (Lipinski definition) is 1. The van der Waals surface area contributed by atoms with Crippen LogP contribution in [0.5, 0.6) is 5.75 Å². The van der Waals surface area contributed by atoms with Crippen molar-refractivity contribution in [1.29, 1.82) is 0 Å². The minimum absolute atomic E-state index is 0.0413. The molecular formula is C19H20ClNO5S. The number of ketones is 1. The average molecular weight is 410 g/mol. The molecule has 0 radical (unpaired) electrons. The number of amides is 1. The van der Waals surface area contributed by atoms with Crippen molar-refractivity contribution in [3.8, 4) is 5.75 Å². The number of hydrogen-bond acceptors (Lipinski definition) is 6. The summed E-state index contributed by atoms with van der Waals surface area (Å²) in [5, 5.41) is 3.00. The van der Waals surface area contributed by atoms with Crippen molar-refractivity contribution in [1.82, 2.24) is 0 Å². The zero-order chi connectivity index (χ0) is 20.0. The van der Waals surface area contributed by atoms with Gasteiger partial charge in [0.25, 0.3) is 5.91 Å². The summed E-state index contributed by atoms with van der Waals surface area (Å²) in [5.74, 6) is -0.811. The molecule has 27 heavy (non-hydrogen) atoms. The number of nitrogens with one attached hydrogen (secondary N) is 1. The molecule has 0 fully saturated rings. The normalized spacial score (nSPS) is 10.4. The number of carbonyl (C=O) groups excluding carboxylic acids is 3. The van der Waals surface area contributed by atoms with Gasteiger partial charge in [-0.25, -0.2) is 0 Å². The Hall–Kier alpha value is -2.38. The number of methoxy groups -OCH3 is 1. The van der Waals surface area contributed by atoms with Crippen LogP contribution < -0.4 is 10.1 Å². The highest BCUT2D eigenvalue weighted by atomic mass is 35.5. The number of ether oxygens (including phenoxy) is 2. The summed E-state index contributed by atoms with van der Waals surface area (Å²) in [4.78, 5) is 37.9. The molecule has 0 saturated heterocycles. The maximum Gasteiger partial charge on any atom is 0.306 e. The Morgan fingerprint density at radius 2 is 1.89 bits per heavy atom. The largest absolute Gasteiger partial charge is 0.495 e. The average Bonchev–Trinajstić information content (AvgIpc) is 2.96. The minimum atomic E-state index is -0.610. The number of rotatable bonds is 8. The van der Waals surface area contributed by atoms with Gasteiger partial charge in [-0.3, -0.25) is 14.4 Å². The van der Waals surface area contributed by atoms with E-state index in [1.807, 2.05) is 19.9 Å². The fourth-order valence-electron chi connectivity index (χ4n) is 2.44. The van der Waals surface area contributed by atoms with Crippen LogP contribution in [-0.4, -0.2) is 31.4 Å². The van der Waals surface area contributed by atoms with Crippen LogP contribution in [0.25, 0.3) is 0 Å². The molecule has 0 unspecified atom stereocenters. The molecule has 144 valence electrons. The maximum absolute atomic E-state index is 12.2. The lowest BCUT2D eigenvalue weighted by Crippen LogP contribution is -2.21. The van der Waals surface area contributed by atoms with E-state index in [1.165, 1.54) is 13.2 Å². The van der Waals surface area contributed by atoms with Gasteiger partial charge in [-0.15, -0.1) is 11.3 Å². The lowest BCUT2D eigenvalue weighted by atomic mass is 10.1. The standard InChI is InChI=1S/C19H20ClNO5S/c1-11-8-14(12(2)27-11)16(22)5-7-19(24)26-10-18(23)21-15-9-13(20)4-6-17(15)25-3/h4,6,8-9H,5,7,10H2,1-3H3,(H,21,23). The van der Waals surface area contributed by atoms with Gasteiger partial charge in [0.05, 0.1) is 19.2 Å². The first-order valence-electron chi connectivity index (χ1n) is 8.19. The van der Waals surface area contributed by atoms with E-state index in [1.54, 1.807) is 23.5 Å². The molecule has 1 N–H and O–H groups in total. The van der Waals surface area contributed by atoms with Gasteiger partial charge in [-0.05, 0) is 38.1 Å². The highest BCUT2D eigenvalue weighted by molar-refractivity contribution is 7.12. The van der Waals surface area contributed by atoms with Crippen LogP contribution in [0.15, 0.2) is 24.3 Å². The summed E-state index contributed by atoms with van der Waals surface area (Å²) < 4.78 is 10.1. The Labute approximate surface area is 166 Å². The predicted octanol–water partition coefficient (Wildman–Crippen LogP) is 4.17. The van der Waals surface area contributed by atoms with Crippen LogP contribution >= 0.6 is 22.9 Å². The van der Waals surface area contributed by atoms with E-state index < -0.39 is 18.5 Å². The first-order valence-corrected chi connectivity index (χ1v) is 9.39. The fraction of sp³-hybridized carbons (Fsp3) is 0.316. The number of Topliss-reactive ketones (excluding diaryl/α,β-unsaturated/α-hetero) is 1. The van der Waals surface area contributed by atoms with Crippen LogP contribution in [0.4, 0.5) is 5.69 Å². The first kappa shape index (κ1) is 20.9. The Kier molecular flexibility index (Phi) is 7.38. The number of thiophene rings is 1. The third-order valence-corrected chi connectivity index (χ3v) is 4.90. The second-order valence-corrected chi connectivity index (χ2v) is 7.70. The van der Waals surface area contributed by atoms with Gasteiger partial charge in [0.15, 0.2) is 12.4 Å². The molecule has 1 amide bonds. The first-order chi connectivity index (χ1) is 12.8. The number of halogens is 1. The lowest BCUT2D eigenvalue weighted by Gasteiger charge is -2.10. The van der Waals surface area contributed by atoms with Gasteiger partial charge in [0.2, 0.25) is 0 Å². The van der Waals surface area contributed by atoms with Crippen molar-refractivity contribution in [3.05, 3.63) is 44.6 Å². The summed E-state index contributed by atoms with van der Waals surface area (Å²) in [6.07, 6.45) is -0.0412. The Balaban J connectivity index is 1.80. The van der Waals surface area contributed by atoms with E-state index in [9.17, 15) is 14.4 Å². The van der Waals surface area contributed by atoms with Crippen molar-refractivity contribution in [3.63, 3.8) is 0 Å². The van der Waals surface area contributed by atoms with Gasteiger partial charge in [0.1, 0.15) is 5.75 Å². The Bertz CT molecular complexity index is 862. The zero-order valence-electron chi connectivity index (χ0n) is 15.3. The SMILES string of the molecule is COc1ccc(Cl)cc1NC(=O)COC(=O)CCC(=O)c1cc(C)sc1C. The van der Waals surface area contributed by atoms with E-state index in [0.717, 1.165) is 9.75 Å². The van der Waals surface area contributed by atoms with E-state index in [0.29, 0.717) is 22.0 Å². The molecule has 0 atom stereocenters. The lowest BCUT2D eigenvalue weighted by molar-refractivity contribution is -0.147. The molecule has 2 aromatic rings. The van der Waals surface area contributed by atoms with Crippen molar-refractivity contribution in [2.75, 3.05) is 19.0 Å². The van der Waals surface area contributed by atoms with Crippen LogP contribution in [-0.2, 0) is 14.3 Å². The van der Waals surface area contributed by atoms with E-state index in [2.05, 4.69) is 5.32 Å². The van der Waals surface area contributed by atoms with Gasteiger partial charge in [0, 0.05) is 26.8 Å². The molecule has 0 aliphatic carbocycles. The number of anilines is 1. The summed E-state index contributed by atoms with van der Waals surface area (Å²) in [5.41, 5.74) is 1.01.